The average Bonchev–Trinajstić information content (AvgIpc) is 3.49. The number of benzene rings is 6. The summed E-state index contributed by atoms with van der Waals surface area (Å²) in [7, 11) is 0. The van der Waals surface area contributed by atoms with Crippen molar-refractivity contribution in [2.24, 2.45) is 0 Å². The average molecular weight is 592 g/mol. The maximum Gasteiger partial charge on any atom is 0.164 e. The molecule has 4 nitrogen and oxygen atoms in total. The first-order valence-electron chi connectivity index (χ1n) is 15.3. The highest BCUT2D eigenvalue weighted by atomic mass is 16.3. The van der Waals surface area contributed by atoms with Gasteiger partial charge in [0.1, 0.15) is 11.2 Å². The summed E-state index contributed by atoms with van der Waals surface area (Å²) in [5.41, 5.74) is 8.83. The lowest BCUT2D eigenvalue weighted by Crippen LogP contribution is -2.01. The van der Waals surface area contributed by atoms with Crippen molar-refractivity contribution >= 4 is 38.8 Å². The molecule has 4 heteroatoms. The molecule has 0 amide bonds. The van der Waals surface area contributed by atoms with Gasteiger partial charge in [-0.1, -0.05) is 116 Å². The first-order valence-corrected chi connectivity index (χ1v) is 15.3. The molecule has 0 atom stereocenters. The van der Waals surface area contributed by atoms with E-state index in [0.29, 0.717) is 17.5 Å². The normalized spacial score (nSPS) is 11.6. The number of allylic oxidation sites excluding steroid dienone is 2. The predicted molar refractivity (Wildman–Crippen MR) is 190 cm³/mol. The van der Waals surface area contributed by atoms with Crippen molar-refractivity contribution in [1.29, 1.82) is 0 Å². The number of furan rings is 1. The van der Waals surface area contributed by atoms with Crippen LogP contribution in [0.15, 0.2) is 151 Å². The summed E-state index contributed by atoms with van der Waals surface area (Å²) in [4.78, 5) is 15.1. The summed E-state index contributed by atoms with van der Waals surface area (Å²) < 4.78 is 6.27. The van der Waals surface area contributed by atoms with E-state index in [2.05, 4.69) is 98.4 Å². The number of nitrogens with zero attached hydrogens (tertiary/aromatic N) is 3. The summed E-state index contributed by atoms with van der Waals surface area (Å²) in [5, 5.41) is 4.52. The highest BCUT2D eigenvalue weighted by Crippen LogP contribution is 2.37. The van der Waals surface area contributed by atoms with Crippen molar-refractivity contribution in [3.63, 3.8) is 0 Å². The van der Waals surface area contributed by atoms with Gasteiger partial charge < -0.3 is 4.42 Å². The quantitative estimate of drug-likeness (QED) is 0.181. The molecule has 218 valence electrons. The molecule has 0 unspecified atom stereocenters. The largest absolute Gasteiger partial charge is 0.456 e. The molecule has 46 heavy (non-hydrogen) atoms. The number of fused-ring (bicyclic) bond motifs is 4. The Balaban J connectivity index is 1.33. The van der Waals surface area contributed by atoms with E-state index in [4.69, 9.17) is 19.4 Å². The monoisotopic (exact) mass is 591 g/mol. The predicted octanol–water partition coefficient (Wildman–Crippen LogP) is 11.1. The molecule has 0 radical (unpaired) electrons. The molecular weight excluding hydrogens is 562 g/mol. The van der Waals surface area contributed by atoms with E-state index in [1.165, 1.54) is 5.39 Å². The Kier molecular flexibility index (Phi) is 6.81. The van der Waals surface area contributed by atoms with Crippen LogP contribution in [-0.2, 0) is 0 Å². The van der Waals surface area contributed by atoms with Crippen LogP contribution < -0.4 is 0 Å². The molecule has 2 heterocycles. The Morgan fingerprint density at radius 2 is 1.22 bits per heavy atom. The number of hydrogen-bond donors (Lipinski definition) is 0. The number of rotatable bonds is 6. The zero-order valence-electron chi connectivity index (χ0n) is 25.3. The first kappa shape index (κ1) is 27.4. The molecule has 0 spiro atoms. The van der Waals surface area contributed by atoms with Crippen LogP contribution in [0.3, 0.4) is 0 Å². The van der Waals surface area contributed by atoms with E-state index in [-0.39, 0.29) is 0 Å². The van der Waals surface area contributed by atoms with E-state index in [9.17, 15) is 0 Å². The van der Waals surface area contributed by atoms with Crippen LogP contribution in [0.1, 0.15) is 11.1 Å². The topological polar surface area (TPSA) is 51.8 Å². The molecule has 6 aromatic carbocycles. The fourth-order valence-corrected chi connectivity index (χ4v) is 6.12. The van der Waals surface area contributed by atoms with Crippen LogP contribution >= 0.6 is 0 Å². The fraction of sp³-hybridized carbons (Fsp3) is 0.0238. The maximum atomic E-state index is 6.27. The third kappa shape index (κ3) is 4.96. The van der Waals surface area contributed by atoms with Crippen LogP contribution in [-0.4, -0.2) is 15.0 Å². The van der Waals surface area contributed by atoms with Crippen LogP contribution in [0.4, 0.5) is 0 Å². The summed E-state index contributed by atoms with van der Waals surface area (Å²) in [6, 6.07) is 43.7. The van der Waals surface area contributed by atoms with Gasteiger partial charge in [-0.3, -0.25) is 0 Å². The molecule has 0 bridgehead atoms. The van der Waals surface area contributed by atoms with Crippen molar-refractivity contribution in [1.82, 2.24) is 15.0 Å². The molecule has 0 saturated carbocycles. The molecule has 0 N–H and O–H groups in total. The van der Waals surface area contributed by atoms with Gasteiger partial charge in [0.2, 0.25) is 0 Å². The zero-order valence-corrected chi connectivity index (χ0v) is 25.3. The number of hydrogen-bond acceptors (Lipinski definition) is 4. The first-order chi connectivity index (χ1) is 22.6. The Labute approximate surface area is 267 Å². The molecule has 2 aromatic heterocycles. The minimum absolute atomic E-state index is 0.616. The third-order valence-electron chi connectivity index (χ3n) is 8.41. The summed E-state index contributed by atoms with van der Waals surface area (Å²) in [6.45, 7) is 6.03. The number of aryl methyl sites for hydroxylation is 1. The third-order valence-corrected chi connectivity index (χ3v) is 8.41. The Hall–Kier alpha value is -6.13. The minimum Gasteiger partial charge on any atom is -0.456 e. The van der Waals surface area contributed by atoms with Crippen molar-refractivity contribution < 1.29 is 4.42 Å². The van der Waals surface area contributed by atoms with Gasteiger partial charge in [-0.25, -0.2) is 15.0 Å². The van der Waals surface area contributed by atoms with Gasteiger partial charge in [0.15, 0.2) is 17.5 Å². The van der Waals surface area contributed by atoms with Crippen LogP contribution in [0.5, 0.6) is 0 Å². The summed E-state index contributed by atoms with van der Waals surface area (Å²) >= 11 is 0. The summed E-state index contributed by atoms with van der Waals surface area (Å²) in [5.74, 6) is 1.88. The van der Waals surface area contributed by atoms with Gasteiger partial charge in [-0.15, -0.1) is 0 Å². The van der Waals surface area contributed by atoms with Crippen LogP contribution in [0.25, 0.3) is 84.1 Å². The molecule has 8 rings (SSSR count). The van der Waals surface area contributed by atoms with Gasteiger partial charge in [-0.05, 0) is 76.3 Å². The van der Waals surface area contributed by atoms with E-state index < -0.39 is 0 Å². The fourth-order valence-electron chi connectivity index (χ4n) is 6.12. The molecule has 0 aliphatic carbocycles. The smallest absolute Gasteiger partial charge is 0.164 e. The van der Waals surface area contributed by atoms with Gasteiger partial charge in [0, 0.05) is 27.5 Å². The Morgan fingerprint density at radius 1 is 0.543 bits per heavy atom. The lowest BCUT2D eigenvalue weighted by molar-refractivity contribution is 0.669. The SMILES string of the molecule is C=C/C=C\c1c(C)cc(-c2nc(-c3ccccc3)nc(-c3ccc4ccccc4c3)n2)cc1-c1ccc2c(c1)oc1ccccc12. The van der Waals surface area contributed by atoms with Gasteiger partial charge >= 0.3 is 0 Å². The van der Waals surface area contributed by atoms with E-state index in [0.717, 1.165) is 66.3 Å². The standard InChI is InChI=1S/C42H29N3O/c1-3-4-16-34-27(2)23-33(25-37(34)31-21-22-36-35-17-10-11-18-38(35)46-39(36)26-31)42-44-40(29-13-6-5-7-14-29)43-41(45-42)32-20-19-28-12-8-9-15-30(28)24-32/h3-26H,1H2,2H3/b16-4-. The number of para-hydroxylation sites is 1. The second-order valence-corrected chi connectivity index (χ2v) is 11.4. The lowest BCUT2D eigenvalue weighted by Gasteiger charge is -2.14. The highest BCUT2D eigenvalue weighted by molar-refractivity contribution is 6.06. The molecule has 0 saturated heterocycles. The second-order valence-electron chi connectivity index (χ2n) is 11.4. The van der Waals surface area contributed by atoms with Crippen molar-refractivity contribution in [3.05, 3.63) is 157 Å². The second kappa shape index (κ2) is 11.4. The van der Waals surface area contributed by atoms with Crippen molar-refractivity contribution in [2.45, 2.75) is 6.92 Å². The highest BCUT2D eigenvalue weighted by Gasteiger charge is 2.17. The minimum atomic E-state index is 0.616. The molecule has 0 aliphatic heterocycles. The van der Waals surface area contributed by atoms with Gasteiger partial charge in [0.05, 0.1) is 0 Å². The van der Waals surface area contributed by atoms with Crippen molar-refractivity contribution in [3.8, 4) is 45.3 Å². The molecule has 0 fully saturated rings. The number of aromatic nitrogens is 3. The summed E-state index contributed by atoms with van der Waals surface area (Å²) in [6.07, 6.45) is 5.88. The molecule has 8 aromatic rings. The van der Waals surface area contributed by atoms with Gasteiger partial charge in [0.25, 0.3) is 0 Å². The Bertz CT molecular complexity index is 2450. The molecule has 0 aliphatic rings. The van der Waals surface area contributed by atoms with Crippen LogP contribution in [0, 0.1) is 6.92 Å². The maximum absolute atomic E-state index is 6.27. The van der Waals surface area contributed by atoms with Gasteiger partial charge in [-0.2, -0.15) is 0 Å². The van der Waals surface area contributed by atoms with E-state index in [1.54, 1.807) is 6.08 Å². The van der Waals surface area contributed by atoms with Crippen molar-refractivity contribution in [2.75, 3.05) is 0 Å². The van der Waals surface area contributed by atoms with E-state index >= 15 is 0 Å². The van der Waals surface area contributed by atoms with Crippen LogP contribution in [0.2, 0.25) is 0 Å². The lowest BCUT2D eigenvalue weighted by atomic mass is 9.92. The van der Waals surface area contributed by atoms with E-state index in [1.807, 2.05) is 54.6 Å². The zero-order chi connectivity index (χ0) is 31.0. The Morgan fingerprint density at radius 3 is 2.04 bits per heavy atom. The molecular formula is C42H29N3O.